The van der Waals surface area contributed by atoms with Gasteiger partial charge in [0.2, 0.25) is 0 Å². The number of rotatable bonds is 5. The zero-order chi connectivity index (χ0) is 23.8. The van der Waals surface area contributed by atoms with Gasteiger partial charge in [-0.2, -0.15) is 5.26 Å². The molecule has 166 valence electrons. The molecule has 4 aromatic carbocycles. The van der Waals surface area contributed by atoms with Gasteiger partial charge in [0.1, 0.15) is 0 Å². The molecule has 35 heavy (non-hydrogen) atoms. The van der Waals surface area contributed by atoms with E-state index in [4.69, 9.17) is 0 Å². The highest BCUT2D eigenvalue weighted by molar-refractivity contribution is 6.10. The van der Waals surface area contributed by atoms with Crippen molar-refractivity contribution < 1.29 is 0 Å². The number of allylic oxidation sites excluding steroid dienone is 5. The summed E-state index contributed by atoms with van der Waals surface area (Å²) in [6.45, 7) is 4.83. The lowest BCUT2D eigenvalue weighted by atomic mass is 10.1. The fraction of sp³-hybridized carbons (Fsp3) is 0.0312. The van der Waals surface area contributed by atoms with Crippen LogP contribution >= 0.6 is 0 Å². The summed E-state index contributed by atoms with van der Waals surface area (Å²) in [5.74, 6) is 0. The third-order valence-corrected chi connectivity index (χ3v) is 6.64. The Morgan fingerprint density at radius 1 is 0.743 bits per heavy atom. The number of para-hydroxylation sites is 3. The Hall–Kier alpha value is -4.81. The summed E-state index contributed by atoms with van der Waals surface area (Å²) >= 11 is 0. The predicted molar refractivity (Wildman–Crippen MR) is 147 cm³/mol. The molecule has 3 heteroatoms. The fourth-order valence-corrected chi connectivity index (χ4v) is 5.09. The van der Waals surface area contributed by atoms with E-state index in [-0.39, 0.29) is 0 Å². The summed E-state index contributed by atoms with van der Waals surface area (Å²) in [6, 6.07) is 33.5. The highest BCUT2D eigenvalue weighted by atomic mass is 15.0. The van der Waals surface area contributed by atoms with E-state index in [0.717, 1.165) is 28.7 Å². The maximum absolute atomic E-state index is 9.35. The minimum Gasteiger partial charge on any atom is -0.337 e. The first-order valence-corrected chi connectivity index (χ1v) is 11.7. The standard InChI is InChI=1S/C32H23N3/c1-2-24(35-31-16-7-4-12-25(31)26-13-5-8-17-32(26)35)11-9-10-20-34-29-15-6-3-14-27(29)28-21-23(22-33)18-19-30(28)34/h2-19,21H,1,20H2/b10-9-,24-11+. The van der Waals surface area contributed by atoms with Gasteiger partial charge in [-0.15, -0.1) is 0 Å². The second-order valence-corrected chi connectivity index (χ2v) is 8.57. The Bertz CT molecular complexity index is 1800. The molecule has 0 saturated carbocycles. The van der Waals surface area contributed by atoms with Gasteiger partial charge in [0.15, 0.2) is 0 Å². The number of benzene rings is 4. The second kappa shape index (κ2) is 8.52. The lowest BCUT2D eigenvalue weighted by molar-refractivity contribution is 0.899. The first kappa shape index (κ1) is 20.8. The second-order valence-electron chi connectivity index (χ2n) is 8.57. The normalized spacial score (nSPS) is 12.3. The largest absolute Gasteiger partial charge is 0.337 e. The van der Waals surface area contributed by atoms with E-state index in [1.807, 2.05) is 30.3 Å². The summed E-state index contributed by atoms with van der Waals surface area (Å²) in [6.07, 6.45) is 8.30. The van der Waals surface area contributed by atoms with Gasteiger partial charge in [-0.1, -0.05) is 73.3 Å². The molecule has 6 rings (SSSR count). The molecule has 0 unspecified atom stereocenters. The van der Waals surface area contributed by atoms with Crippen LogP contribution < -0.4 is 0 Å². The van der Waals surface area contributed by atoms with Crippen molar-refractivity contribution in [1.82, 2.24) is 9.13 Å². The van der Waals surface area contributed by atoms with E-state index in [1.165, 1.54) is 27.2 Å². The van der Waals surface area contributed by atoms with Crippen molar-refractivity contribution in [1.29, 1.82) is 5.26 Å². The fourth-order valence-electron chi connectivity index (χ4n) is 5.09. The average Bonchev–Trinajstić information content (AvgIpc) is 3.41. The molecule has 0 bridgehead atoms. The van der Waals surface area contributed by atoms with Gasteiger partial charge in [-0.3, -0.25) is 0 Å². The van der Waals surface area contributed by atoms with Crippen LogP contribution in [-0.2, 0) is 6.54 Å². The Kier molecular flexibility index (Phi) is 5.05. The van der Waals surface area contributed by atoms with Crippen LogP contribution in [0.25, 0.3) is 49.3 Å². The lowest BCUT2D eigenvalue weighted by Crippen LogP contribution is -1.95. The molecular formula is C32H23N3. The molecule has 0 aliphatic heterocycles. The van der Waals surface area contributed by atoms with E-state index in [9.17, 15) is 5.26 Å². The summed E-state index contributed by atoms with van der Waals surface area (Å²) in [5, 5.41) is 14.1. The molecule has 2 heterocycles. The number of fused-ring (bicyclic) bond motifs is 6. The monoisotopic (exact) mass is 449 g/mol. The SMILES string of the molecule is C=C/C(=C\C=C/Cn1c2ccccc2c2cc(C#N)ccc21)n1c2ccccc2c2ccccc21. The van der Waals surface area contributed by atoms with Crippen molar-refractivity contribution in [2.24, 2.45) is 0 Å². The molecule has 0 aliphatic carbocycles. The molecular weight excluding hydrogens is 426 g/mol. The van der Waals surface area contributed by atoms with E-state index >= 15 is 0 Å². The topological polar surface area (TPSA) is 33.6 Å². The van der Waals surface area contributed by atoms with Gasteiger partial charge >= 0.3 is 0 Å². The number of hydrogen-bond acceptors (Lipinski definition) is 1. The quantitative estimate of drug-likeness (QED) is 0.245. The molecule has 0 amide bonds. The van der Waals surface area contributed by atoms with E-state index in [1.54, 1.807) is 0 Å². The van der Waals surface area contributed by atoms with Crippen molar-refractivity contribution >= 4 is 49.3 Å². The molecule has 0 fully saturated rings. The molecule has 2 aromatic heterocycles. The highest BCUT2D eigenvalue weighted by Crippen LogP contribution is 2.32. The van der Waals surface area contributed by atoms with Crippen molar-refractivity contribution in [3.63, 3.8) is 0 Å². The number of nitriles is 1. The van der Waals surface area contributed by atoms with Crippen molar-refractivity contribution in [3.8, 4) is 6.07 Å². The van der Waals surface area contributed by atoms with E-state index < -0.39 is 0 Å². The van der Waals surface area contributed by atoms with Gasteiger partial charge in [-0.05, 0) is 48.6 Å². The van der Waals surface area contributed by atoms with E-state index in [0.29, 0.717) is 5.56 Å². The van der Waals surface area contributed by atoms with Gasteiger partial charge < -0.3 is 9.13 Å². The highest BCUT2D eigenvalue weighted by Gasteiger charge is 2.12. The predicted octanol–water partition coefficient (Wildman–Crippen LogP) is 8.06. The zero-order valence-electron chi connectivity index (χ0n) is 19.2. The number of hydrogen-bond donors (Lipinski definition) is 0. The van der Waals surface area contributed by atoms with Gasteiger partial charge in [0.25, 0.3) is 0 Å². The first-order valence-electron chi connectivity index (χ1n) is 11.7. The van der Waals surface area contributed by atoms with Crippen LogP contribution in [0.2, 0.25) is 0 Å². The number of aromatic nitrogens is 2. The minimum absolute atomic E-state index is 0.681. The molecule has 6 aromatic rings. The molecule has 0 atom stereocenters. The Morgan fingerprint density at radius 3 is 1.94 bits per heavy atom. The number of nitrogens with zero attached hydrogens (tertiary/aromatic N) is 3. The maximum Gasteiger partial charge on any atom is 0.0991 e. The Balaban J connectivity index is 1.41. The molecule has 0 spiro atoms. The summed E-state index contributed by atoms with van der Waals surface area (Å²) in [5.41, 5.74) is 6.34. The van der Waals surface area contributed by atoms with Crippen molar-refractivity contribution in [3.05, 3.63) is 127 Å². The summed E-state index contributed by atoms with van der Waals surface area (Å²) in [7, 11) is 0. The van der Waals surface area contributed by atoms with E-state index in [2.05, 4.69) is 107 Å². The first-order chi connectivity index (χ1) is 17.3. The van der Waals surface area contributed by atoms with Crippen LogP contribution in [0, 0.1) is 11.3 Å². The van der Waals surface area contributed by atoms with Crippen LogP contribution in [-0.4, -0.2) is 9.13 Å². The lowest BCUT2D eigenvalue weighted by Gasteiger charge is -2.08. The van der Waals surface area contributed by atoms with Crippen molar-refractivity contribution in [2.75, 3.05) is 0 Å². The van der Waals surface area contributed by atoms with Crippen molar-refractivity contribution in [2.45, 2.75) is 6.54 Å². The minimum atomic E-state index is 0.681. The van der Waals surface area contributed by atoms with Gasteiger partial charge in [-0.25, -0.2) is 0 Å². The third kappa shape index (κ3) is 3.36. The molecule has 0 saturated heterocycles. The summed E-state index contributed by atoms with van der Waals surface area (Å²) < 4.78 is 4.57. The molecule has 0 radical (unpaired) electrons. The Labute approximate surface area is 203 Å². The molecule has 0 N–H and O–H groups in total. The van der Waals surface area contributed by atoms with Gasteiger partial charge in [0, 0.05) is 44.8 Å². The van der Waals surface area contributed by atoms with Crippen LogP contribution in [0.15, 0.2) is 122 Å². The molecule has 0 aliphatic rings. The Morgan fingerprint density at radius 2 is 1.31 bits per heavy atom. The molecule has 3 nitrogen and oxygen atoms in total. The smallest absolute Gasteiger partial charge is 0.0991 e. The van der Waals surface area contributed by atoms with Crippen LogP contribution in [0.1, 0.15) is 5.56 Å². The maximum atomic E-state index is 9.35. The van der Waals surface area contributed by atoms with Gasteiger partial charge in [0.05, 0.1) is 22.7 Å². The third-order valence-electron chi connectivity index (χ3n) is 6.64. The zero-order valence-corrected chi connectivity index (χ0v) is 19.2. The van der Waals surface area contributed by atoms with Crippen LogP contribution in [0.5, 0.6) is 0 Å². The van der Waals surface area contributed by atoms with Crippen LogP contribution in [0.3, 0.4) is 0 Å². The average molecular weight is 450 g/mol. The summed E-state index contributed by atoms with van der Waals surface area (Å²) in [4.78, 5) is 0. The van der Waals surface area contributed by atoms with Crippen LogP contribution in [0.4, 0.5) is 0 Å².